The van der Waals surface area contributed by atoms with Crippen molar-refractivity contribution < 1.29 is 4.74 Å². The minimum Gasteiger partial charge on any atom is -0.456 e. The lowest BCUT2D eigenvalue weighted by molar-refractivity contribution is 0.482. The van der Waals surface area contributed by atoms with E-state index >= 15 is 0 Å². The Morgan fingerprint density at radius 1 is 1.00 bits per heavy atom. The molecule has 2 aromatic rings. The highest BCUT2D eigenvalue weighted by Crippen LogP contribution is 2.31. The topological polar surface area (TPSA) is 35.2 Å². The fourth-order valence-corrected chi connectivity index (χ4v) is 1.92. The van der Waals surface area contributed by atoms with E-state index in [9.17, 15) is 0 Å². The van der Waals surface area contributed by atoms with E-state index in [0.717, 1.165) is 11.1 Å². The maximum absolute atomic E-state index is 6.10. The Balaban J connectivity index is 2.31. The summed E-state index contributed by atoms with van der Waals surface area (Å²) in [5.74, 6) is 1.34. The third kappa shape index (κ3) is 2.92. The molecule has 2 N–H and O–H groups in total. The van der Waals surface area contributed by atoms with Crippen molar-refractivity contribution in [3.8, 4) is 11.5 Å². The average Bonchev–Trinajstić information content (AvgIpc) is 2.21. The molecule has 0 aliphatic rings. The minimum absolute atomic E-state index is 0.602. The predicted octanol–water partition coefficient (Wildman–Crippen LogP) is 4.33. The number of nitrogen functional groups attached to an aromatic ring is 1. The van der Waals surface area contributed by atoms with Crippen LogP contribution in [-0.4, -0.2) is 0 Å². The first-order chi connectivity index (χ1) is 8.04. The molecule has 0 aliphatic heterocycles. The van der Waals surface area contributed by atoms with Gasteiger partial charge in [-0.1, -0.05) is 17.7 Å². The molecule has 0 bridgehead atoms. The maximum atomic E-state index is 6.10. The molecule has 2 rings (SSSR count). The van der Waals surface area contributed by atoms with Gasteiger partial charge in [0.25, 0.3) is 0 Å². The first kappa shape index (κ1) is 11.8. The molecule has 2 aromatic carbocycles. The van der Waals surface area contributed by atoms with E-state index in [1.165, 1.54) is 0 Å². The molecular formula is C14H14ClNO. The van der Waals surface area contributed by atoms with Crippen molar-refractivity contribution in [2.75, 3.05) is 5.73 Å². The van der Waals surface area contributed by atoms with Crippen LogP contribution >= 0.6 is 11.6 Å². The van der Waals surface area contributed by atoms with E-state index in [1.807, 2.05) is 44.2 Å². The number of benzene rings is 2. The van der Waals surface area contributed by atoms with Crippen LogP contribution < -0.4 is 10.5 Å². The zero-order chi connectivity index (χ0) is 12.4. The van der Waals surface area contributed by atoms with Gasteiger partial charge in [0.2, 0.25) is 0 Å². The zero-order valence-corrected chi connectivity index (χ0v) is 10.6. The highest BCUT2D eigenvalue weighted by atomic mass is 35.5. The van der Waals surface area contributed by atoms with Gasteiger partial charge in [-0.15, -0.1) is 0 Å². The van der Waals surface area contributed by atoms with Crippen molar-refractivity contribution >= 4 is 17.3 Å². The molecule has 0 aromatic heterocycles. The number of nitrogens with two attached hydrogens (primary N) is 1. The quantitative estimate of drug-likeness (QED) is 0.802. The van der Waals surface area contributed by atoms with Crippen molar-refractivity contribution in [2.45, 2.75) is 13.8 Å². The smallest absolute Gasteiger partial charge is 0.146 e. The van der Waals surface area contributed by atoms with Gasteiger partial charge in [-0.3, -0.25) is 0 Å². The third-order valence-corrected chi connectivity index (χ3v) is 2.68. The van der Waals surface area contributed by atoms with Crippen molar-refractivity contribution in [3.05, 3.63) is 52.5 Å². The van der Waals surface area contributed by atoms with Gasteiger partial charge in [0.05, 0.1) is 5.02 Å². The number of hydrogen-bond acceptors (Lipinski definition) is 2. The SMILES string of the molecule is Cc1cc(N)cc(Oc2ccc(C)cc2Cl)c1. The Hall–Kier alpha value is -1.67. The van der Waals surface area contributed by atoms with E-state index in [-0.39, 0.29) is 0 Å². The van der Waals surface area contributed by atoms with Crippen LogP contribution in [0.3, 0.4) is 0 Å². The van der Waals surface area contributed by atoms with Crippen molar-refractivity contribution in [1.82, 2.24) is 0 Å². The molecule has 88 valence electrons. The molecule has 0 atom stereocenters. The van der Waals surface area contributed by atoms with Gasteiger partial charge >= 0.3 is 0 Å². The van der Waals surface area contributed by atoms with E-state index in [1.54, 1.807) is 6.07 Å². The van der Waals surface area contributed by atoms with Gasteiger partial charge in [-0.25, -0.2) is 0 Å². The molecule has 0 amide bonds. The minimum atomic E-state index is 0.602. The molecule has 2 nitrogen and oxygen atoms in total. The molecule has 0 spiro atoms. The van der Waals surface area contributed by atoms with Gasteiger partial charge in [0.15, 0.2) is 0 Å². The van der Waals surface area contributed by atoms with Gasteiger partial charge in [0, 0.05) is 11.8 Å². The summed E-state index contributed by atoms with van der Waals surface area (Å²) >= 11 is 6.10. The number of aryl methyl sites for hydroxylation is 2. The normalized spacial score (nSPS) is 10.3. The summed E-state index contributed by atoms with van der Waals surface area (Å²) in [4.78, 5) is 0. The molecule has 0 radical (unpaired) electrons. The Labute approximate surface area is 106 Å². The largest absolute Gasteiger partial charge is 0.456 e. The van der Waals surface area contributed by atoms with Crippen molar-refractivity contribution in [1.29, 1.82) is 0 Å². The van der Waals surface area contributed by atoms with Crippen LogP contribution in [0, 0.1) is 13.8 Å². The van der Waals surface area contributed by atoms with Crippen LogP contribution in [0.15, 0.2) is 36.4 Å². The van der Waals surface area contributed by atoms with Crippen molar-refractivity contribution in [3.63, 3.8) is 0 Å². The first-order valence-corrected chi connectivity index (χ1v) is 5.73. The Morgan fingerprint density at radius 3 is 2.41 bits per heavy atom. The fraction of sp³-hybridized carbons (Fsp3) is 0.143. The van der Waals surface area contributed by atoms with Gasteiger partial charge < -0.3 is 10.5 Å². The van der Waals surface area contributed by atoms with E-state index in [2.05, 4.69) is 0 Å². The van der Waals surface area contributed by atoms with Crippen LogP contribution in [0.25, 0.3) is 0 Å². The number of hydrogen-bond donors (Lipinski definition) is 1. The summed E-state index contributed by atoms with van der Waals surface area (Å²) in [6, 6.07) is 11.3. The highest BCUT2D eigenvalue weighted by molar-refractivity contribution is 6.32. The lowest BCUT2D eigenvalue weighted by Crippen LogP contribution is -1.90. The van der Waals surface area contributed by atoms with Crippen LogP contribution in [0.5, 0.6) is 11.5 Å². The van der Waals surface area contributed by atoms with Gasteiger partial charge in [0.1, 0.15) is 11.5 Å². The van der Waals surface area contributed by atoms with Crippen LogP contribution in [0.2, 0.25) is 5.02 Å². The van der Waals surface area contributed by atoms with E-state index < -0.39 is 0 Å². The van der Waals surface area contributed by atoms with Gasteiger partial charge in [-0.05, 0) is 49.2 Å². The number of halogens is 1. The lowest BCUT2D eigenvalue weighted by Gasteiger charge is -2.09. The predicted molar refractivity (Wildman–Crippen MR) is 71.9 cm³/mol. The number of rotatable bonds is 2. The van der Waals surface area contributed by atoms with E-state index in [0.29, 0.717) is 22.2 Å². The summed E-state index contributed by atoms with van der Waals surface area (Å²) in [7, 11) is 0. The monoisotopic (exact) mass is 247 g/mol. The molecule has 0 fully saturated rings. The van der Waals surface area contributed by atoms with Crippen LogP contribution in [0.1, 0.15) is 11.1 Å². The summed E-state index contributed by atoms with van der Waals surface area (Å²) < 4.78 is 5.71. The molecular weight excluding hydrogens is 234 g/mol. The van der Waals surface area contributed by atoms with Crippen molar-refractivity contribution in [2.24, 2.45) is 0 Å². The Kier molecular flexibility index (Phi) is 3.25. The molecule has 0 saturated carbocycles. The summed E-state index contributed by atoms with van der Waals surface area (Å²) in [5, 5.41) is 0.602. The molecule has 3 heteroatoms. The average molecular weight is 248 g/mol. The maximum Gasteiger partial charge on any atom is 0.146 e. The molecule has 0 saturated heterocycles. The Morgan fingerprint density at radius 2 is 1.76 bits per heavy atom. The number of ether oxygens (including phenoxy) is 1. The van der Waals surface area contributed by atoms with E-state index in [4.69, 9.17) is 22.1 Å². The summed E-state index contributed by atoms with van der Waals surface area (Å²) in [6.07, 6.45) is 0. The molecule has 0 heterocycles. The van der Waals surface area contributed by atoms with Crippen LogP contribution in [0.4, 0.5) is 5.69 Å². The Bertz CT molecular complexity index is 532. The zero-order valence-electron chi connectivity index (χ0n) is 9.83. The third-order valence-electron chi connectivity index (χ3n) is 2.39. The highest BCUT2D eigenvalue weighted by Gasteiger charge is 2.04. The standard InChI is InChI=1S/C14H14ClNO/c1-9-3-4-14(13(15)7-9)17-12-6-10(2)5-11(16)8-12/h3-8H,16H2,1-2H3. The second-order valence-electron chi connectivity index (χ2n) is 4.12. The number of anilines is 1. The first-order valence-electron chi connectivity index (χ1n) is 5.36. The molecule has 17 heavy (non-hydrogen) atoms. The molecule has 0 unspecified atom stereocenters. The summed E-state index contributed by atoms with van der Waals surface area (Å²) in [5.41, 5.74) is 8.61. The van der Waals surface area contributed by atoms with Crippen LogP contribution in [-0.2, 0) is 0 Å². The lowest BCUT2D eigenvalue weighted by atomic mass is 10.2. The fourth-order valence-electron chi connectivity index (χ4n) is 1.65. The summed E-state index contributed by atoms with van der Waals surface area (Å²) in [6.45, 7) is 3.96. The second kappa shape index (κ2) is 4.68. The second-order valence-corrected chi connectivity index (χ2v) is 4.52. The van der Waals surface area contributed by atoms with Gasteiger partial charge in [-0.2, -0.15) is 0 Å². The molecule has 0 aliphatic carbocycles.